The van der Waals surface area contributed by atoms with E-state index in [0.29, 0.717) is 24.4 Å². The molecule has 1 fully saturated rings. The fourth-order valence-electron chi connectivity index (χ4n) is 4.83. The summed E-state index contributed by atoms with van der Waals surface area (Å²) in [4.78, 5) is 13.1. The molecule has 6 heteroatoms. The van der Waals surface area contributed by atoms with Gasteiger partial charge in [-0.1, -0.05) is 61.0 Å². The number of fused-ring (bicyclic) bond motifs is 1. The second-order valence-corrected chi connectivity index (χ2v) is 10.4. The quantitative estimate of drug-likeness (QED) is 0.697. The number of benzene rings is 2. The first kappa shape index (κ1) is 20.8. The van der Waals surface area contributed by atoms with Crippen molar-refractivity contribution in [2.24, 2.45) is 17.3 Å². The van der Waals surface area contributed by atoms with Crippen LogP contribution in [-0.4, -0.2) is 38.9 Å². The number of rotatable bonds is 4. The Morgan fingerprint density at radius 3 is 2.40 bits per heavy atom. The zero-order valence-corrected chi connectivity index (χ0v) is 18.4. The Morgan fingerprint density at radius 2 is 1.77 bits per heavy atom. The first-order chi connectivity index (χ1) is 14.3. The van der Waals surface area contributed by atoms with Crippen LogP contribution < -0.4 is 0 Å². The number of nitrogens with zero attached hydrogens (tertiary/aromatic N) is 1. The highest BCUT2D eigenvalue weighted by Gasteiger charge is 2.54. The van der Waals surface area contributed by atoms with Crippen molar-refractivity contribution in [1.82, 2.24) is 4.31 Å². The van der Waals surface area contributed by atoms with Crippen LogP contribution in [0.3, 0.4) is 0 Å². The Balaban J connectivity index is 1.69. The molecular weight excluding hydrogens is 398 g/mol. The van der Waals surface area contributed by atoms with Crippen LogP contribution in [0.5, 0.6) is 0 Å². The summed E-state index contributed by atoms with van der Waals surface area (Å²) in [6, 6.07) is 16.8. The van der Waals surface area contributed by atoms with Crippen molar-refractivity contribution >= 4 is 21.6 Å². The maximum Gasteiger partial charge on any atom is 0.313 e. The first-order valence-electron chi connectivity index (χ1n) is 10.2. The number of aryl methyl sites for hydroxylation is 1. The van der Waals surface area contributed by atoms with E-state index in [1.165, 1.54) is 7.11 Å². The van der Waals surface area contributed by atoms with E-state index >= 15 is 0 Å². The summed E-state index contributed by atoms with van der Waals surface area (Å²) in [5.74, 6) is -0.727. The summed E-state index contributed by atoms with van der Waals surface area (Å²) >= 11 is 0. The van der Waals surface area contributed by atoms with Crippen LogP contribution in [0.15, 0.2) is 65.6 Å². The average Bonchev–Trinajstić information content (AvgIpc) is 3.06. The van der Waals surface area contributed by atoms with Crippen molar-refractivity contribution < 1.29 is 17.9 Å². The van der Waals surface area contributed by atoms with E-state index in [1.807, 2.05) is 49.4 Å². The van der Waals surface area contributed by atoms with E-state index in [0.717, 1.165) is 16.7 Å². The number of hydrogen-bond donors (Lipinski definition) is 0. The van der Waals surface area contributed by atoms with E-state index in [4.69, 9.17) is 4.74 Å². The van der Waals surface area contributed by atoms with Crippen LogP contribution >= 0.6 is 0 Å². The predicted octanol–water partition coefficient (Wildman–Crippen LogP) is 3.90. The van der Waals surface area contributed by atoms with Crippen molar-refractivity contribution in [3.05, 3.63) is 71.8 Å². The summed E-state index contributed by atoms with van der Waals surface area (Å²) in [6.45, 7) is 4.76. The number of carbonyl (C=O) groups excluding carboxylic acids is 1. The fraction of sp³-hybridized carbons (Fsp3) is 0.375. The molecule has 4 rings (SSSR count). The minimum Gasteiger partial charge on any atom is -0.469 e. The van der Waals surface area contributed by atoms with Gasteiger partial charge in [0.25, 0.3) is 0 Å². The number of esters is 1. The Bertz CT molecular complexity index is 1080. The molecule has 30 heavy (non-hydrogen) atoms. The van der Waals surface area contributed by atoms with Gasteiger partial charge in [-0.15, -0.1) is 0 Å². The van der Waals surface area contributed by atoms with Gasteiger partial charge in [0, 0.05) is 13.1 Å². The van der Waals surface area contributed by atoms with Gasteiger partial charge in [-0.05, 0) is 47.9 Å². The van der Waals surface area contributed by atoms with E-state index in [2.05, 4.69) is 13.0 Å². The Kier molecular flexibility index (Phi) is 5.32. The highest BCUT2D eigenvalue weighted by atomic mass is 32.2. The largest absolute Gasteiger partial charge is 0.469 e. The van der Waals surface area contributed by atoms with Gasteiger partial charge in [-0.2, -0.15) is 4.31 Å². The van der Waals surface area contributed by atoms with Crippen molar-refractivity contribution in [2.75, 3.05) is 20.2 Å². The van der Waals surface area contributed by atoms with Crippen molar-refractivity contribution in [3.63, 3.8) is 0 Å². The van der Waals surface area contributed by atoms with Crippen molar-refractivity contribution in [3.8, 4) is 0 Å². The lowest BCUT2D eigenvalue weighted by Crippen LogP contribution is -2.49. The SMILES string of the molecule is COC(=O)[C@@H]1C(c2ccccc2)=C[C@@H]2CN(S(=O)(=O)c3ccc(C)cc3)CC[C@]12C. The average molecular weight is 426 g/mol. The summed E-state index contributed by atoms with van der Waals surface area (Å²) in [5, 5.41) is 0. The number of ether oxygens (including phenoxy) is 1. The van der Waals surface area contributed by atoms with Crippen LogP contribution in [0.1, 0.15) is 24.5 Å². The molecule has 2 aromatic rings. The molecule has 1 aliphatic heterocycles. The smallest absolute Gasteiger partial charge is 0.313 e. The van der Waals surface area contributed by atoms with Crippen molar-refractivity contribution in [1.29, 1.82) is 0 Å². The van der Waals surface area contributed by atoms with Crippen LogP contribution in [-0.2, 0) is 19.6 Å². The molecule has 1 heterocycles. The van der Waals surface area contributed by atoms with Crippen LogP contribution in [0.25, 0.3) is 5.57 Å². The highest BCUT2D eigenvalue weighted by molar-refractivity contribution is 7.89. The number of methoxy groups -OCH3 is 1. The third-order valence-corrected chi connectivity index (χ3v) is 8.58. The van der Waals surface area contributed by atoms with E-state index in [-0.39, 0.29) is 17.3 Å². The zero-order valence-electron chi connectivity index (χ0n) is 17.5. The Morgan fingerprint density at radius 1 is 1.10 bits per heavy atom. The Labute approximate surface area is 178 Å². The molecule has 0 bridgehead atoms. The zero-order chi connectivity index (χ0) is 21.5. The monoisotopic (exact) mass is 425 g/mol. The maximum atomic E-state index is 13.2. The van der Waals surface area contributed by atoms with Crippen LogP contribution in [0.4, 0.5) is 0 Å². The van der Waals surface area contributed by atoms with Crippen molar-refractivity contribution in [2.45, 2.75) is 25.2 Å². The molecule has 0 spiro atoms. The molecule has 0 radical (unpaired) electrons. The second kappa shape index (κ2) is 7.67. The van der Waals surface area contributed by atoms with E-state index in [9.17, 15) is 13.2 Å². The molecule has 2 aliphatic rings. The summed E-state index contributed by atoms with van der Waals surface area (Å²) in [5.41, 5.74) is 2.56. The minimum atomic E-state index is -3.58. The summed E-state index contributed by atoms with van der Waals surface area (Å²) in [7, 11) is -2.17. The minimum absolute atomic E-state index is 0.0641. The number of carbonyl (C=O) groups is 1. The third kappa shape index (κ3) is 3.38. The molecule has 3 atom stereocenters. The lowest BCUT2D eigenvalue weighted by atomic mass is 9.67. The molecule has 1 aliphatic carbocycles. The lowest BCUT2D eigenvalue weighted by molar-refractivity contribution is -0.148. The topological polar surface area (TPSA) is 63.7 Å². The van der Waals surface area contributed by atoms with Crippen LogP contribution in [0.2, 0.25) is 0 Å². The van der Waals surface area contributed by atoms with Crippen LogP contribution in [0, 0.1) is 24.2 Å². The summed E-state index contributed by atoms with van der Waals surface area (Å²) < 4.78 is 33.2. The molecular formula is C24H27NO4S. The molecule has 1 saturated heterocycles. The van der Waals surface area contributed by atoms with Gasteiger partial charge < -0.3 is 4.74 Å². The molecule has 0 aromatic heterocycles. The molecule has 0 unspecified atom stereocenters. The number of hydrogen-bond acceptors (Lipinski definition) is 4. The lowest BCUT2D eigenvalue weighted by Gasteiger charge is -2.44. The van der Waals surface area contributed by atoms with Gasteiger partial charge in [-0.3, -0.25) is 4.79 Å². The van der Waals surface area contributed by atoms with Gasteiger partial charge in [0.2, 0.25) is 10.0 Å². The van der Waals surface area contributed by atoms with E-state index in [1.54, 1.807) is 16.4 Å². The Hall–Kier alpha value is -2.44. The fourth-order valence-corrected chi connectivity index (χ4v) is 6.29. The number of sulfonamides is 1. The standard InChI is InChI=1S/C24H27NO4S/c1-17-9-11-20(12-10-17)30(27,28)25-14-13-24(2)19(16-25)15-21(22(24)23(26)29-3)18-7-5-4-6-8-18/h4-12,15,19,22H,13-14,16H2,1-3H3/t19-,22+,24+/m1/s1. The molecule has 158 valence electrons. The van der Waals surface area contributed by atoms with Gasteiger partial charge >= 0.3 is 5.97 Å². The van der Waals surface area contributed by atoms with Gasteiger partial charge in [0.15, 0.2) is 0 Å². The third-order valence-electron chi connectivity index (χ3n) is 6.70. The highest BCUT2D eigenvalue weighted by Crippen LogP contribution is 2.55. The normalized spacial score (nSPS) is 26.7. The predicted molar refractivity (Wildman–Crippen MR) is 116 cm³/mol. The maximum absolute atomic E-state index is 13.2. The number of piperidine rings is 1. The molecule has 2 aromatic carbocycles. The molecule has 0 N–H and O–H groups in total. The van der Waals surface area contributed by atoms with E-state index < -0.39 is 15.9 Å². The van der Waals surface area contributed by atoms with Gasteiger partial charge in [-0.25, -0.2) is 8.42 Å². The van der Waals surface area contributed by atoms with Gasteiger partial charge in [0.05, 0.1) is 17.9 Å². The van der Waals surface area contributed by atoms with Gasteiger partial charge in [0.1, 0.15) is 0 Å². The second-order valence-electron chi connectivity index (χ2n) is 8.48. The molecule has 0 saturated carbocycles. The molecule has 0 amide bonds. The molecule has 5 nitrogen and oxygen atoms in total. The first-order valence-corrected chi connectivity index (χ1v) is 11.6. The summed E-state index contributed by atoms with van der Waals surface area (Å²) in [6.07, 6.45) is 2.68.